The lowest BCUT2D eigenvalue weighted by Crippen LogP contribution is -2.88. The molecule has 0 heterocycles. The van der Waals surface area contributed by atoms with E-state index >= 15 is 0 Å². The summed E-state index contributed by atoms with van der Waals surface area (Å²) >= 11 is 0. The Morgan fingerprint density at radius 3 is 2.39 bits per heavy atom. The first kappa shape index (κ1) is 12.7. The van der Waals surface area contributed by atoms with Gasteiger partial charge in [0.05, 0.1) is 6.04 Å². The van der Waals surface area contributed by atoms with Crippen LogP contribution in [0, 0.1) is 0 Å². The summed E-state index contributed by atoms with van der Waals surface area (Å²) in [6, 6.07) is 18.5. The van der Waals surface area contributed by atoms with Crippen molar-refractivity contribution in [1.82, 2.24) is 0 Å². The summed E-state index contributed by atoms with van der Waals surface area (Å²) in [4.78, 5) is 0. The molecule has 2 aromatic rings. The van der Waals surface area contributed by atoms with E-state index in [9.17, 15) is 5.11 Å². The molecule has 0 saturated carbocycles. The molecule has 18 heavy (non-hydrogen) atoms. The van der Waals surface area contributed by atoms with Gasteiger partial charge in [-0.25, -0.2) is 0 Å². The van der Waals surface area contributed by atoms with Gasteiger partial charge in [0.2, 0.25) is 0 Å². The van der Waals surface area contributed by atoms with Crippen LogP contribution in [0.25, 0.3) is 0 Å². The van der Waals surface area contributed by atoms with Gasteiger partial charge in [0.15, 0.2) is 0 Å². The molecule has 0 aromatic heterocycles. The minimum Gasteiger partial charge on any atom is -0.507 e. The SMILES string of the molecule is C[C@@H](Cc1ccccc1)[NH2+]Cc1ccccc1O. The average Bonchev–Trinajstić information content (AvgIpc) is 2.39. The first-order chi connectivity index (χ1) is 8.75. The quantitative estimate of drug-likeness (QED) is 0.827. The second kappa shape index (κ2) is 6.22. The van der Waals surface area contributed by atoms with Gasteiger partial charge in [-0.1, -0.05) is 42.5 Å². The lowest BCUT2D eigenvalue weighted by Gasteiger charge is -2.11. The van der Waals surface area contributed by atoms with E-state index in [1.165, 1.54) is 5.56 Å². The van der Waals surface area contributed by atoms with Crippen molar-refractivity contribution in [2.75, 3.05) is 0 Å². The largest absolute Gasteiger partial charge is 0.507 e. The molecule has 0 fully saturated rings. The highest BCUT2D eigenvalue weighted by atomic mass is 16.3. The molecule has 0 aliphatic rings. The smallest absolute Gasteiger partial charge is 0.124 e. The number of aromatic hydroxyl groups is 1. The minimum atomic E-state index is 0.390. The average molecular weight is 242 g/mol. The van der Waals surface area contributed by atoms with Crippen LogP contribution in [0.15, 0.2) is 54.6 Å². The van der Waals surface area contributed by atoms with Gasteiger partial charge in [-0.15, -0.1) is 0 Å². The zero-order valence-corrected chi connectivity index (χ0v) is 10.7. The highest BCUT2D eigenvalue weighted by molar-refractivity contribution is 5.30. The number of hydrogen-bond acceptors (Lipinski definition) is 1. The zero-order valence-electron chi connectivity index (χ0n) is 10.7. The molecule has 94 valence electrons. The van der Waals surface area contributed by atoms with Crippen LogP contribution in [0.1, 0.15) is 18.1 Å². The Balaban J connectivity index is 1.86. The minimum absolute atomic E-state index is 0.390. The molecule has 0 unspecified atom stereocenters. The highest BCUT2D eigenvalue weighted by Crippen LogP contribution is 2.13. The summed E-state index contributed by atoms with van der Waals surface area (Å²) in [5.74, 6) is 0.390. The maximum Gasteiger partial charge on any atom is 0.124 e. The Bertz CT molecular complexity index is 481. The van der Waals surface area contributed by atoms with Gasteiger partial charge in [-0.3, -0.25) is 0 Å². The molecule has 0 amide bonds. The second-order valence-corrected chi connectivity index (χ2v) is 4.74. The van der Waals surface area contributed by atoms with E-state index < -0.39 is 0 Å². The number of para-hydroxylation sites is 1. The van der Waals surface area contributed by atoms with Gasteiger partial charge in [0, 0.05) is 12.0 Å². The van der Waals surface area contributed by atoms with Crippen LogP contribution < -0.4 is 5.32 Å². The topological polar surface area (TPSA) is 36.8 Å². The van der Waals surface area contributed by atoms with Crippen molar-refractivity contribution in [3.05, 3.63) is 65.7 Å². The standard InChI is InChI=1S/C16H19NO/c1-13(11-14-7-3-2-4-8-14)17-12-15-9-5-6-10-16(15)18/h2-10,13,17-18H,11-12H2,1H3/p+1/t13-/m0/s1. The monoisotopic (exact) mass is 242 g/mol. The van der Waals surface area contributed by atoms with Gasteiger partial charge in [0.25, 0.3) is 0 Å². The summed E-state index contributed by atoms with van der Waals surface area (Å²) in [7, 11) is 0. The first-order valence-corrected chi connectivity index (χ1v) is 6.40. The van der Waals surface area contributed by atoms with E-state index in [1.54, 1.807) is 6.07 Å². The molecule has 2 nitrogen and oxygen atoms in total. The summed E-state index contributed by atoms with van der Waals surface area (Å²) < 4.78 is 0. The molecular weight excluding hydrogens is 222 g/mol. The first-order valence-electron chi connectivity index (χ1n) is 6.40. The van der Waals surface area contributed by atoms with Crippen molar-refractivity contribution < 1.29 is 10.4 Å². The zero-order chi connectivity index (χ0) is 12.8. The third-order valence-electron chi connectivity index (χ3n) is 3.13. The highest BCUT2D eigenvalue weighted by Gasteiger charge is 2.08. The number of nitrogens with two attached hydrogens (primary N) is 1. The number of benzene rings is 2. The van der Waals surface area contributed by atoms with Crippen molar-refractivity contribution in [1.29, 1.82) is 0 Å². The van der Waals surface area contributed by atoms with Crippen molar-refractivity contribution in [2.45, 2.75) is 25.9 Å². The van der Waals surface area contributed by atoms with Crippen LogP contribution in [0.4, 0.5) is 0 Å². The second-order valence-electron chi connectivity index (χ2n) is 4.74. The van der Waals surface area contributed by atoms with Crippen LogP contribution in [-0.4, -0.2) is 11.1 Å². The maximum atomic E-state index is 9.69. The molecule has 2 aromatic carbocycles. The van der Waals surface area contributed by atoms with Crippen LogP contribution in [0.2, 0.25) is 0 Å². The molecule has 0 radical (unpaired) electrons. The Morgan fingerprint density at radius 1 is 1.00 bits per heavy atom. The van der Waals surface area contributed by atoms with E-state index in [-0.39, 0.29) is 0 Å². The Morgan fingerprint density at radius 2 is 1.67 bits per heavy atom. The Labute approximate surface area is 108 Å². The van der Waals surface area contributed by atoms with Crippen LogP contribution >= 0.6 is 0 Å². The molecule has 0 aliphatic carbocycles. The van der Waals surface area contributed by atoms with Crippen molar-refractivity contribution >= 4 is 0 Å². The fourth-order valence-electron chi connectivity index (χ4n) is 2.08. The van der Waals surface area contributed by atoms with E-state index in [1.807, 2.05) is 24.3 Å². The van der Waals surface area contributed by atoms with Gasteiger partial charge < -0.3 is 10.4 Å². The predicted molar refractivity (Wildman–Crippen MR) is 73.3 cm³/mol. The number of hydrogen-bond donors (Lipinski definition) is 2. The van der Waals surface area contributed by atoms with Gasteiger partial charge >= 0.3 is 0 Å². The summed E-state index contributed by atoms with van der Waals surface area (Å²) in [6.07, 6.45) is 1.05. The molecule has 3 N–H and O–H groups in total. The van der Waals surface area contributed by atoms with E-state index in [2.05, 4.69) is 36.5 Å². The van der Waals surface area contributed by atoms with Gasteiger partial charge in [0.1, 0.15) is 12.3 Å². The fourth-order valence-corrected chi connectivity index (χ4v) is 2.08. The molecular formula is C16H20NO+. The van der Waals surface area contributed by atoms with Crippen molar-refractivity contribution in [3.63, 3.8) is 0 Å². The molecule has 0 aliphatic heterocycles. The number of phenolic OH excluding ortho intramolecular Hbond substituents is 1. The maximum absolute atomic E-state index is 9.69. The van der Waals surface area contributed by atoms with Crippen molar-refractivity contribution in [2.24, 2.45) is 0 Å². The van der Waals surface area contributed by atoms with Crippen LogP contribution in [-0.2, 0) is 13.0 Å². The molecule has 0 saturated heterocycles. The molecule has 2 heteroatoms. The summed E-state index contributed by atoms with van der Waals surface area (Å²) in [5, 5.41) is 12.0. The lowest BCUT2D eigenvalue weighted by atomic mass is 10.1. The summed E-state index contributed by atoms with van der Waals surface area (Å²) in [5.41, 5.74) is 2.36. The normalized spacial score (nSPS) is 12.3. The third-order valence-corrected chi connectivity index (χ3v) is 3.13. The van der Waals surface area contributed by atoms with Crippen LogP contribution in [0.5, 0.6) is 5.75 Å². The Hall–Kier alpha value is -1.80. The number of phenols is 1. The van der Waals surface area contributed by atoms with E-state index in [4.69, 9.17) is 0 Å². The van der Waals surface area contributed by atoms with E-state index in [0.29, 0.717) is 11.8 Å². The lowest BCUT2D eigenvalue weighted by molar-refractivity contribution is -0.701. The number of rotatable bonds is 5. The van der Waals surface area contributed by atoms with Gasteiger partial charge in [-0.05, 0) is 24.6 Å². The van der Waals surface area contributed by atoms with Crippen LogP contribution in [0.3, 0.4) is 0 Å². The molecule has 2 rings (SSSR count). The van der Waals surface area contributed by atoms with Crippen molar-refractivity contribution in [3.8, 4) is 5.75 Å². The van der Waals surface area contributed by atoms with E-state index in [0.717, 1.165) is 18.5 Å². The predicted octanol–water partition coefficient (Wildman–Crippen LogP) is 2.09. The Kier molecular flexibility index (Phi) is 4.37. The third kappa shape index (κ3) is 3.60. The number of quaternary nitrogens is 1. The molecule has 0 spiro atoms. The molecule has 0 bridgehead atoms. The fraction of sp³-hybridized carbons (Fsp3) is 0.250. The van der Waals surface area contributed by atoms with Gasteiger partial charge in [-0.2, -0.15) is 0 Å². The molecule has 1 atom stereocenters. The summed E-state index contributed by atoms with van der Waals surface area (Å²) in [6.45, 7) is 3.04.